The fraction of sp³-hybridized carbons (Fsp3) is 0.143. The quantitative estimate of drug-likeness (QED) is 0.847. The van der Waals surface area contributed by atoms with Crippen LogP contribution in [0, 0.1) is 5.82 Å². The van der Waals surface area contributed by atoms with Crippen LogP contribution >= 0.6 is 11.6 Å². The molecule has 0 atom stereocenters. The number of hydrogen-bond acceptors (Lipinski definition) is 3. The molecule has 1 N–H and O–H groups in total. The molecule has 9 heteroatoms. The average molecular weight is 349 g/mol. The topological polar surface area (TPSA) is 51.2 Å². The minimum absolute atomic E-state index is 0.0173. The molecular weight excluding hydrogens is 340 g/mol. The number of aromatic nitrogens is 1. The normalized spacial score (nSPS) is 11.2. The summed E-state index contributed by atoms with van der Waals surface area (Å²) in [5.41, 5.74) is -0.108. The Balaban J connectivity index is 2.04. The highest BCUT2D eigenvalue weighted by Gasteiger charge is 2.28. The fourth-order valence-electron chi connectivity index (χ4n) is 1.54. The monoisotopic (exact) mass is 348 g/mol. The van der Waals surface area contributed by atoms with Gasteiger partial charge in [0.15, 0.2) is 6.61 Å². The van der Waals surface area contributed by atoms with E-state index >= 15 is 0 Å². The third-order valence-electron chi connectivity index (χ3n) is 2.56. The van der Waals surface area contributed by atoms with Crippen molar-refractivity contribution in [1.29, 1.82) is 0 Å². The largest absolute Gasteiger partial charge is 0.468 e. The molecule has 1 aromatic heterocycles. The number of nitrogens with one attached hydrogen (secondary N) is 1. The number of ether oxygens (including phenoxy) is 1. The van der Waals surface area contributed by atoms with Crippen LogP contribution in [-0.4, -0.2) is 23.7 Å². The lowest BCUT2D eigenvalue weighted by atomic mass is 10.2. The molecule has 4 nitrogen and oxygen atoms in total. The molecule has 0 aliphatic carbocycles. The Labute approximate surface area is 133 Å². The number of rotatable bonds is 4. The van der Waals surface area contributed by atoms with Gasteiger partial charge in [-0.05, 0) is 24.3 Å². The van der Waals surface area contributed by atoms with Crippen LogP contribution in [0.3, 0.4) is 0 Å². The summed E-state index contributed by atoms with van der Waals surface area (Å²) in [5.74, 6) is -1.66. The minimum atomic E-state index is -4.48. The molecule has 0 aliphatic rings. The number of hydrogen-bond donors (Lipinski definition) is 1. The smallest absolute Gasteiger partial charge is 0.422 e. The van der Waals surface area contributed by atoms with Gasteiger partial charge < -0.3 is 10.1 Å². The number of nitrogens with zero attached hydrogens (tertiary/aromatic N) is 1. The summed E-state index contributed by atoms with van der Waals surface area (Å²) in [6.45, 7) is -1.49. The Morgan fingerprint density at radius 2 is 2.00 bits per heavy atom. The highest BCUT2D eigenvalue weighted by Crippen LogP contribution is 2.21. The third kappa shape index (κ3) is 5.10. The lowest BCUT2D eigenvalue weighted by Gasteiger charge is -2.09. The summed E-state index contributed by atoms with van der Waals surface area (Å²) in [4.78, 5) is 15.5. The van der Waals surface area contributed by atoms with Crippen molar-refractivity contribution in [2.24, 2.45) is 0 Å². The fourth-order valence-corrected chi connectivity index (χ4v) is 1.72. The van der Waals surface area contributed by atoms with Crippen molar-refractivity contribution in [1.82, 2.24) is 4.98 Å². The number of alkyl halides is 3. The molecular formula is C14H9ClF4N2O2. The SMILES string of the molecule is O=C(Nc1cc(Cl)ccc1F)c1ccc(OCC(F)(F)F)nc1. The standard InChI is InChI=1S/C14H9ClF4N2O2/c15-9-2-3-10(16)11(5-9)21-13(22)8-1-4-12(20-6-8)23-7-14(17,18)19/h1-6H,7H2,(H,21,22). The van der Waals surface area contributed by atoms with Crippen LogP contribution in [0.25, 0.3) is 0 Å². The molecule has 0 spiro atoms. The lowest BCUT2D eigenvalue weighted by molar-refractivity contribution is -0.154. The molecule has 122 valence electrons. The van der Waals surface area contributed by atoms with Crippen LogP contribution in [0.2, 0.25) is 5.02 Å². The van der Waals surface area contributed by atoms with E-state index in [2.05, 4.69) is 15.0 Å². The molecule has 0 aliphatic heterocycles. The molecule has 1 aromatic carbocycles. The first-order valence-electron chi connectivity index (χ1n) is 6.16. The molecule has 0 saturated carbocycles. The molecule has 1 amide bonds. The first-order valence-corrected chi connectivity index (χ1v) is 6.54. The second-order valence-corrected chi connectivity index (χ2v) is 4.80. The van der Waals surface area contributed by atoms with E-state index in [-0.39, 0.29) is 22.2 Å². The van der Waals surface area contributed by atoms with Gasteiger partial charge in [0.25, 0.3) is 5.91 Å². The number of anilines is 1. The van der Waals surface area contributed by atoms with Gasteiger partial charge in [-0.25, -0.2) is 9.37 Å². The molecule has 0 fully saturated rings. The van der Waals surface area contributed by atoms with E-state index in [0.29, 0.717) is 0 Å². The number of benzene rings is 1. The number of carbonyl (C=O) groups excluding carboxylic acids is 1. The maximum absolute atomic E-state index is 13.5. The van der Waals surface area contributed by atoms with Crippen LogP contribution < -0.4 is 10.1 Å². The highest BCUT2D eigenvalue weighted by molar-refractivity contribution is 6.31. The highest BCUT2D eigenvalue weighted by atomic mass is 35.5. The summed E-state index contributed by atoms with van der Waals surface area (Å²) in [7, 11) is 0. The van der Waals surface area contributed by atoms with Gasteiger partial charge in [0.05, 0.1) is 11.3 Å². The van der Waals surface area contributed by atoms with Gasteiger partial charge in [-0.15, -0.1) is 0 Å². The Bertz CT molecular complexity index is 705. The minimum Gasteiger partial charge on any atom is -0.468 e. The zero-order valence-corrected chi connectivity index (χ0v) is 12.1. The predicted octanol–water partition coefficient (Wildman–Crippen LogP) is 4.07. The summed E-state index contributed by atoms with van der Waals surface area (Å²) >= 11 is 5.70. The first kappa shape index (κ1) is 17.0. The molecule has 2 rings (SSSR count). The van der Waals surface area contributed by atoms with E-state index < -0.39 is 24.5 Å². The van der Waals surface area contributed by atoms with E-state index in [4.69, 9.17) is 11.6 Å². The van der Waals surface area contributed by atoms with E-state index in [1.54, 1.807) is 0 Å². The summed E-state index contributed by atoms with van der Waals surface area (Å²) in [6.07, 6.45) is -3.47. The molecule has 0 unspecified atom stereocenters. The molecule has 23 heavy (non-hydrogen) atoms. The third-order valence-corrected chi connectivity index (χ3v) is 2.79. The van der Waals surface area contributed by atoms with Gasteiger partial charge in [-0.1, -0.05) is 11.6 Å². The summed E-state index contributed by atoms with van der Waals surface area (Å²) in [5, 5.41) is 2.52. The van der Waals surface area contributed by atoms with Gasteiger partial charge >= 0.3 is 6.18 Å². The maximum atomic E-state index is 13.5. The number of pyridine rings is 1. The van der Waals surface area contributed by atoms with Crippen molar-refractivity contribution in [3.8, 4) is 5.88 Å². The predicted molar refractivity (Wildman–Crippen MR) is 75.2 cm³/mol. The number of halogens is 5. The van der Waals surface area contributed by atoms with Gasteiger partial charge in [-0.3, -0.25) is 4.79 Å². The van der Waals surface area contributed by atoms with Crippen molar-refractivity contribution in [3.05, 3.63) is 52.9 Å². The van der Waals surface area contributed by atoms with E-state index in [1.807, 2.05) is 0 Å². The maximum Gasteiger partial charge on any atom is 0.422 e. The van der Waals surface area contributed by atoms with Crippen LogP contribution in [0.5, 0.6) is 5.88 Å². The van der Waals surface area contributed by atoms with Gasteiger partial charge in [-0.2, -0.15) is 13.2 Å². The molecule has 1 heterocycles. The molecule has 0 saturated heterocycles. The van der Waals surface area contributed by atoms with Crippen LogP contribution in [-0.2, 0) is 0 Å². The van der Waals surface area contributed by atoms with Crippen molar-refractivity contribution < 1.29 is 27.1 Å². The first-order chi connectivity index (χ1) is 10.7. The molecule has 0 radical (unpaired) electrons. The van der Waals surface area contributed by atoms with Crippen molar-refractivity contribution in [3.63, 3.8) is 0 Å². The van der Waals surface area contributed by atoms with Gasteiger partial charge in [0.2, 0.25) is 5.88 Å². The van der Waals surface area contributed by atoms with Gasteiger partial charge in [0, 0.05) is 17.3 Å². The number of carbonyl (C=O) groups is 1. The van der Waals surface area contributed by atoms with Crippen LogP contribution in [0.4, 0.5) is 23.2 Å². The van der Waals surface area contributed by atoms with E-state index in [9.17, 15) is 22.4 Å². The van der Waals surface area contributed by atoms with Crippen LogP contribution in [0.1, 0.15) is 10.4 Å². The van der Waals surface area contributed by atoms with Crippen molar-refractivity contribution >= 4 is 23.2 Å². The Hall–Kier alpha value is -2.35. The molecule has 2 aromatic rings. The van der Waals surface area contributed by atoms with Gasteiger partial charge in [0.1, 0.15) is 5.82 Å². The Morgan fingerprint density at radius 1 is 1.26 bits per heavy atom. The zero-order chi connectivity index (χ0) is 17.0. The molecule has 0 bridgehead atoms. The second-order valence-electron chi connectivity index (χ2n) is 4.37. The average Bonchev–Trinajstić information content (AvgIpc) is 2.48. The summed E-state index contributed by atoms with van der Waals surface area (Å²) in [6, 6.07) is 5.94. The van der Waals surface area contributed by atoms with Crippen molar-refractivity contribution in [2.45, 2.75) is 6.18 Å². The second kappa shape index (κ2) is 6.82. The zero-order valence-electron chi connectivity index (χ0n) is 11.3. The van der Waals surface area contributed by atoms with Crippen molar-refractivity contribution in [2.75, 3.05) is 11.9 Å². The Kier molecular flexibility index (Phi) is 5.05. The summed E-state index contributed by atoms with van der Waals surface area (Å²) < 4.78 is 53.9. The van der Waals surface area contributed by atoms with Crippen LogP contribution in [0.15, 0.2) is 36.5 Å². The number of amides is 1. The van der Waals surface area contributed by atoms with E-state index in [1.165, 1.54) is 18.2 Å². The Morgan fingerprint density at radius 3 is 2.61 bits per heavy atom. The van der Waals surface area contributed by atoms with E-state index in [0.717, 1.165) is 18.3 Å². The lowest BCUT2D eigenvalue weighted by Crippen LogP contribution is -2.19.